The van der Waals surface area contributed by atoms with E-state index in [4.69, 9.17) is 0 Å². The Bertz CT molecular complexity index is 884. The molecule has 6 heteroatoms. The molecule has 1 aliphatic carbocycles. The van der Waals surface area contributed by atoms with E-state index in [1.165, 1.54) is 25.7 Å². The molecule has 4 rings (SSSR count). The number of aromatic nitrogens is 4. The summed E-state index contributed by atoms with van der Waals surface area (Å²) < 4.78 is 2.16. The first kappa shape index (κ1) is 16.7. The number of nitrogens with zero attached hydrogens (tertiary/aromatic N) is 4. The number of hydrogen-bond donors (Lipinski definition) is 1. The summed E-state index contributed by atoms with van der Waals surface area (Å²) >= 11 is 0. The van der Waals surface area contributed by atoms with Gasteiger partial charge in [0.25, 0.3) is 5.91 Å². The van der Waals surface area contributed by atoms with E-state index in [2.05, 4.69) is 24.8 Å². The van der Waals surface area contributed by atoms with Crippen LogP contribution in [0, 0.1) is 0 Å². The van der Waals surface area contributed by atoms with Crippen molar-refractivity contribution in [1.82, 2.24) is 24.8 Å². The standard InChI is InChI=1S/C20H23N5O/c26-20(22-11-5-7-16-6-3-4-10-21-16)15-12-18-19(23-13-15)25(14-24-18)17-8-1-2-9-17/h3-4,6,10,12-14,17H,1-2,5,7-9,11H2,(H,22,26). The van der Waals surface area contributed by atoms with Gasteiger partial charge in [0.1, 0.15) is 5.52 Å². The lowest BCUT2D eigenvalue weighted by Crippen LogP contribution is -2.25. The van der Waals surface area contributed by atoms with E-state index in [0.29, 0.717) is 18.2 Å². The lowest BCUT2D eigenvalue weighted by molar-refractivity contribution is 0.0953. The largest absolute Gasteiger partial charge is 0.352 e. The predicted molar refractivity (Wildman–Crippen MR) is 99.9 cm³/mol. The van der Waals surface area contributed by atoms with Crippen LogP contribution in [0.3, 0.4) is 0 Å². The summed E-state index contributed by atoms with van der Waals surface area (Å²) in [5.41, 5.74) is 3.27. The number of amides is 1. The Hall–Kier alpha value is -2.76. The summed E-state index contributed by atoms with van der Waals surface area (Å²) in [5.74, 6) is -0.101. The highest BCUT2D eigenvalue weighted by Gasteiger charge is 2.20. The molecule has 6 nitrogen and oxygen atoms in total. The molecular formula is C20H23N5O. The van der Waals surface area contributed by atoms with Crippen molar-refractivity contribution < 1.29 is 4.79 Å². The van der Waals surface area contributed by atoms with Gasteiger partial charge in [0.15, 0.2) is 5.65 Å². The minimum absolute atomic E-state index is 0.101. The molecule has 1 amide bonds. The van der Waals surface area contributed by atoms with E-state index in [1.54, 1.807) is 12.4 Å². The number of imidazole rings is 1. The van der Waals surface area contributed by atoms with Gasteiger partial charge >= 0.3 is 0 Å². The first-order chi connectivity index (χ1) is 12.8. The van der Waals surface area contributed by atoms with Crippen LogP contribution in [0.4, 0.5) is 0 Å². The smallest absolute Gasteiger partial charge is 0.252 e. The minimum Gasteiger partial charge on any atom is -0.352 e. The molecule has 0 aromatic carbocycles. The molecule has 0 atom stereocenters. The lowest BCUT2D eigenvalue weighted by Gasteiger charge is -2.11. The Balaban J connectivity index is 1.36. The summed E-state index contributed by atoms with van der Waals surface area (Å²) in [6, 6.07) is 8.22. The van der Waals surface area contributed by atoms with Gasteiger partial charge in [-0.3, -0.25) is 9.78 Å². The van der Waals surface area contributed by atoms with Crippen LogP contribution in [-0.2, 0) is 6.42 Å². The lowest BCUT2D eigenvalue weighted by atomic mass is 10.2. The maximum Gasteiger partial charge on any atom is 0.252 e. The van der Waals surface area contributed by atoms with Gasteiger partial charge in [-0.2, -0.15) is 0 Å². The molecule has 3 aromatic heterocycles. The minimum atomic E-state index is -0.101. The van der Waals surface area contributed by atoms with E-state index in [1.807, 2.05) is 30.6 Å². The van der Waals surface area contributed by atoms with Gasteiger partial charge in [-0.25, -0.2) is 9.97 Å². The quantitative estimate of drug-likeness (QED) is 0.693. The van der Waals surface area contributed by atoms with Crippen LogP contribution >= 0.6 is 0 Å². The molecule has 1 aliphatic rings. The van der Waals surface area contributed by atoms with Crippen molar-refractivity contribution in [2.45, 2.75) is 44.6 Å². The molecule has 0 bridgehead atoms. The molecule has 3 aromatic rings. The van der Waals surface area contributed by atoms with Crippen molar-refractivity contribution >= 4 is 17.1 Å². The summed E-state index contributed by atoms with van der Waals surface area (Å²) in [4.78, 5) is 25.6. The molecule has 1 fully saturated rings. The van der Waals surface area contributed by atoms with Crippen molar-refractivity contribution in [2.75, 3.05) is 6.54 Å². The Labute approximate surface area is 152 Å². The molecule has 1 saturated carbocycles. The van der Waals surface area contributed by atoms with Crippen molar-refractivity contribution in [3.63, 3.8) is 0 Å². The zero-order valence-corrected chi connectivity index (χ0v) is 14.8. The summed E-state index contributed by atoms with van der Waals surface area (Å²) in [7, 11) is 0. The molecule has 1 N–H and O–H groups in total. The third kappa shape index (κ3) is 3.59. The molecule has 0 aliphatic heterocycles. The normalized spacial score (nSPS) is 14.8. The van der Waals surface area contributed by atoms with Crippen molar-refractivity contribution in [2.24, 2.45) is 0 Å². The monoisotopic (exact) mass is 349 g/mol. The molecule has 134 valence electrons. The second-order valence-electron chi connectivity index (χ2n) is 6.84. The van der Waals surface area contributed by atoms with Crippen LogP contribution in [-0.4, -0.2) is 32.0 Å². The van der Waals surface area contributed by atoms with E-state index in [-0.39, 0.29) is 5.91 Å². The Morgan fingerprint density at radius 1 is 1.19 bits per heavy atom. The van der Waals surface area contributed by atoms with Crippen molar-refractivity contribution in [1.29, 1.82) is 0 Å². The first-order valence-corrected chi connectivity index (χ1v) is 9.32. The van der Waals surface area contributed by atoms with E-state index >= 15 is 0 Å². The van der Waals surface area contributed by atoms with Gasteiger partial charge in [0, 0.05) is 30.7 Å². The average molecular weight is 349 g/mol. The van der Waals surface area contributed by atoms with Gasteiger partial charge in [0.05, 0.1) is 11.9 Å². The van der Waals surface area contributed by atoms with Crippen LogP contribution in [0.25, 0.3) is 11.2 Å². The van der Waals surface area contributed by atoms with Crippen molar-refractivity contribution in [3.05, 3.63) is 54.2 Å². The van der Waals surface area contributed by atoms with E-state index in [0.717, 1.165) is 29.7 Å². The number of pyridine rings is 2. The summed E-state index contributed by atoms with van der Waals surface area (Å²) in [5, 5.41) is 2.95. The second-order valence-corrected chi connectivity index (χ2v) is 6.84. The number of carbonyl (C=O) groups excluding carboxylic acids is 1. The number of hydrogen-bond acceptors (Lipinski definition) is 4. The highest BCUT2D eigenvalue weighted by atomic mass is 16.1. The van der Waals surface area contributed by atoms with Gasteiger partial charge in [-0.15, -0.1) is 0 Å². The van der Waals surface area contributed by atoms with Crippen LogP contribution in [0.1, 0.15) is 54.2 Å². The van der Waals surface area contributed by atoms with Gasteiger partial charge in [-0.1, -0.05) is 18.9 Å². The third-order valence-electron chi connectivity index (χ3n) is 5.01. The van der Waals surface area contributed by atoms with E-state index < -0.39 is 0 Å². The Morgan fingerprint density at radius 3 is 2.88 bits per heavy atom. The number of aryl methyl sites for hydroxylation is 1. The summed E-state index contributed by atoms with van der Waals surface area (Å²) in [6.07, 6.45) is 11.9. The molecule has 0 saturated heterocycles. The fourth-order valence-corrected chi connectivity index (χ4v) is 3.61. The Morgan fingerprint density at radius 2 is 2.08 bits per heavy atom. The zero-order chi connectivity index (χ0) is 17.8. The fourth-order valence-electron chi connectivity index (χ4n) is 3.61. The molecule has 26 heavy (non-hydrogen) atoms. The SMILES string of the molecule is O=C(NCCCc1ccccn1)c1cnc2c(c1)ncn2C1CCCC1. The number of nitrogens with one attached hydrogen (secondary N) is 1. The third-order valence-corrected chi connectivity index (χ3v) is 5.01. The Kier molecular flexibility index (Phi) is 4.91. The number of rotatable bonds is 6. The molecule has 3 heterocycles. The van der Waals surface area contributed by atoms with Crippen LogP contribution in [0.15, 0.2) is 43.0 Å². The van der Waals surface area contributed by atoms with Gasteiger partial charge < -0.3 is 9.88 Å². The average Bonchev–Trinajstić information content (AvgIpc) is 3.34. The molecule has 0 unspecified atom stereocenters. The summed E-state index contributed by atoms with van der Waals surface area (Å²) in [6.45, 7) is 0.615. The fraction of sp³-hybridized carbons (Fsp3) is 0.400. The van der Waals surface area contributed by atoms with Gasteiger partial charge in [0.2, 0.25) is 0 Å². The molecular weight excluding hydrogens is 326 g/mol. The number of carbonyl (C=O) groups is 1. The van der Waals surface area contributed by atoms with E-state index in [9.17, 15) is 4.79 Å². The van der Waals surface area contributed by atoms with Crippen LogP contribution < -0.4 is 5.32 Å². The second kappa shape index (κ2) is 7.64. The highest BCUT2D eigenvalue weighted by Crippen LogP contribution is 2.31. The molecule has 0 spiro atoms. The predicted octanol–water partition coefficient (Wildman–Crippen LogP) is 3.30. The number of fused-ring (bicyclic) bond motifs is 1. The maximum absolute atomic E-state index is 12.4. The van der Waals surface area contributed by atoms with Crippen molar-refractivity contribution in [3.8, 4) is 0 Å². The molecule has 0 radical (unpaired) electrons. The van der Waals surface area contributed by atoms with Crippen LogP contribution in [0.2, 0.25) is 0 Å². The van der Waals surface area contributed by atoms with Gasteiger partial charge in [-0.05, 0) is 43.9 Å². The first-order valence-electron chi connectivity index (χ1n) is 9.32. The topological polar surface area (TPSA) is 72.7 Å². The zero-order valence-electron chi connectivity index (χ0n) is 14.8. The maximum atomic E-state index is 12.4. The van der Waals surface area contributed by atoms with Crippen LogP contribution in [0.5, 0.6) is 0 Å². The highest BCUT2D eigenvalue weighted by molar-refractivity contribution is 5.96.